The van der Waals surface area contributed by atoms with E-state index in [4.69, 9.17) is 0 Å². The number of rotatable bonds is 7. The highest BCUT2D eigenvalue weighted by Crippen LogP contribution is 2.36. The molecule has 2 aliphatic rings. The van der Waals surface area contributed by atoms with Crippen molar-refractivity contribution < 1.29 is 31.5 Å². The lowest BCUT2D eigenvalue weighted by atomic mass is 9.76. The van der Waals surface area contributed by atoms with E-state index in [1.807, 2.05) is 6.92 Å². The van der Waals surface area contributed by atoms with Gasteiger partial charge in [0, 0.05) is 42.6 Å². The number of anilines is 1. The van der Waals surface area contributed by atoms with Crippen molar-refractivity contribution in [3.63, 3.8) is 0 Å². The molecule has 42 heavy (non-hydrogen) atoms. The van der Waals surface area contributed by atoms with Crippen LogP contribution in [0.5, 0.6) is 0 Å². The monoisotopic (exact) mass is 608 g/mol. The summed E-state index contributed by atoms with van der Waals surface area (Å²) in [4.78, 5) is 25.1. The predicted molar refractivity (Wildman–Crippen MR) is 146 cm³/mol. The molecular weight excluding hydrogens is 577 g/mol. The summed E-state index contributed by atoms with van der Waals surface area (Å²) in [7, 11) is -3.32. The summed E-state index contributed by atoms with van der Waals surface area (Å²) in [6.45, 7) is 4.07. The molecule has 12 nitrogen and oxygen atoms in total. The van der Waals surface area contributed by atoms with Gasteiger partial charge in [-0.3, -0.25) is 4.79 Å². The first-order chi connectivity index (χ1) is 19.6. The van der Waals surface area contributed by atoms with Crippen LogP contribution >= 0.6 is 0 Å². The average molecular weight is 609 g/mol. The molecule has 0 spiro atoms. The molecule has 1 amide bonds. The van der Waals surface area contributed by atoms with Crippen LogP contribution in [0.4, 0.5) is 19.1 Å². The quantitative estimate of drug-likeness (QED) is 0.367. The zero-order valence-electron chi connectivity index (χ0n) is 23.2. The lowest BCUT2D eigenvalue weighted by molar-refractivity contribution is -0.137. The molecule has 1 aliphatic heterocycles. The maximum absolute atomic E-state index is 13.9. The Bertz CT molecular complexity index is 1600. The van der Waals surface area contributed by atoms with Crippen molar-refractivity contribution in [2.75, 3.05) is 24.7 Å². The van der Waals surface area contributed by atoms with Crippen LogP contribution in [0, 0.1) is 6.92 Å². The first kappa shape index (κ1) is 29.8. The molecule has 0 radical (unpaired) electrons. The van der Waals surface area contributed by atoms with E-state index in [0.717, 1.165) is 12.5 Å². The van der Waals surface area contributed by atoms with Gasteiger partial charge in [-0.1, -0.05) is 0 Å². The number of nitrogens with zero attached hydrogens (tertiary/aromatic N) is 6. The fourth-order valence-electron chi connectivity index (χ4n) is 5.31. The van der Waals surface area contributed by atoms with E-state index >= 15 is 0 Å². The SMILES string of the molecule is Cc1nc(C(=O)NC2(C)CC(O)C2)ccc1-n1cc(-c2nc(NC3CCN(S(C)(=O)=O)CC3)ncc2C(F)(F)F)cn1. The van der Waals surface area contributed by atoms with Gasteiger partial charge in [0.05, 0.1) is 35.6 Å². The molecule has 1 aliphatic carbocycles. The summed E-state index contributed by atoms with van der Waals surface area (Å²) in [6, 6.07) is 2.89. The van der Waals surface area contributed by atoms with Crippen LogP contribution < -0.4 is 10.6 Å². The molecule has 0 atom stereocenters. The van der Waals surface area contributed by atoms with Gasteiger partial charge in [0.25, 0.3) is 5.91 Å². The number of amides is 1. The summed E-state index contributed by atoms with van der Waals surface area (Å²) in [5.74, 6) is -0.400. The topological polar surface area (TPSA) is 155 Å². The van der Waals surface area contributed by atoms with Gasteiger partial charge in [0.15, 0.2) is 0 Å². The number of hydrogen-bond donors (Lipinski definition) is 3. The van der Waals surface area contributed by atoms with Crippen molar-refractivity contribution in [2.45, 2.75) is 63.4 Å². The number of hydrogen-bond acceptors (Lipinski definition) is 9. The number of alkyl halides is 3. The number of nitrogens with one attached hydrogen (secondary N) is 2. The van der Waals surface area contributed by atoms with Crippen LogP contribution in [-0.2, 0) is 16.2 Å². The Morgan fingerprint density at radius 3 is 2.43 bits per heavy atom. The highest BCUT2D eigenvalue weighted by Gasteiger charge is 2.41. The molecule has 5 rings (SSSR count). The van der Waals surface area contributed by atoms with Crippen LogP contribution in [0.1, 0.15) is 54.4 Å². The molecular formula is C26H31F3N8O4S. The van der Waals surface area contributed by atoms with Crippen LogP contribution in [0.15, 0.2) is 30.7 Å². The minimum absolute atomic E-state index is 0.00977. The second-order valence-electron chi connectivity index (χ2n) is 11.1. The minimum Gasteiger partial charge on any atom is -0.393 e. The second-order valence-corrected chi connectivity index (χ2v) is 13.1. The minimum atomic E-state index is -4.73. The zero-order chi connectivity index (χ0) is 30.4. The van der Waals surface area contributed by atoms with Gasteiger partial charge >= 0.3 is 6.18 Å². The molecule has 3 aromatic rings. The van der Waals surface area contributed by atoms with Crippen molar-refractivity contribution >= 4 is 21.9 Å². The van der Waals surface area contributed by atoms with Crippen LogP contribution in [0.2, 0.25) is 0 Å². The zero-order valence-corrected chi connectivity index (χ0v) is 24.0. The number of aliphatic hydroxyl groups is 1. The Hall–Kier alpha value is -3.63. The molecule has 0 bridgehead atoms. The summed E-state index contributed by atoms with van der Waals surface area (Å²) in [6.07, 6.45) is 1.15. The Balaban J connectivity index is 1.36. The maximum Gasteiger partial charge on any atom is 0.419 e. The Labute approximate surface area is 240 Å². The van der Waals surface area contributed by atoms with Crippen molar-refractivity contribution in [1.29, 1.82) is 0 Å². The fraction of sp³-hybridized carbons (Fsp3) is 0.500. The van der Waals surface area contributed by atoms with Crippen LogP contribution in [0.25, 0.3) is 16.9 Å². The summed E-state index contributed by atoms with van der Waals surface area (Å²) >= 11 is 0. The standard InChI is InChI=1S/C26H31F3N8O4S/c1-15-21(5-4-20(32-15)23(39)35-25(2)10-18(38)11-25)37-14-16(12-31-37)22-19(26(27,28)29)13-30-24(34-22)33-17-6-8-36(9-7-17)42(3,40)41/h4-5,12-14,17-18,38H,6-11H2,1-3H3,(H,35,39)(H,30,33,34). The van der Waals surface area contributed by atoms with E-state index in [0.29, 0.717) is 37.1 Å². The number of sulfonamides is 1. The van der Waals surface area contributed by atoms with Crippen molar-refractivity contribution in [3.8, 4) is 16.9 Å². The normalized spacial score (nSPS) is 22.0. The van der Waals surface area contributed by atoms with E-state index in [9.17, 15) is 31.5 Å². The number of pyridine rings is 1. The highest BCUT2D eigenvalue weighted by atomic mass is 32.2. The number of aliphatic hydroxyl groups excluding tert-OH is 1. The third-order valence-electron chi connectivity index (χ3n) is 7.53. The Morgan fingerprint density at radius 2 is 1.83 bits per heavy atom. The molecule has 16 heteroatoms. The van der Waals surface area contributed by atoms with E-state index in [1.54, 1.807) is 13.0 Å². The first-order valence-electron chi connectivity index (χ1n) is 13.3. The van der Waals surface area contributed by atoms with E-state index in [2.05, 4.69) is 30.7 Å². The molecule has 226 valence electrons. The second kappa shape index (κ2) is 10.9. The molecule has 3 aromatic heterocycles. The largest absolute Gasteiger partial charge is 0.419 e. The van der Waals surface area contributed by atoms with E-state index in [1.165, 1.54) is 27.4 Å². The van der Waals surface area contributed by atoms with Crippen molar-refractivity contribution in [1.82, 2.24) is 34.4 Å². The smallest absolute Gasteiger partial charge is 0.393 e. The summed E-state index contributed by atoms with van der Waals surface area (Å²) < 4.78 is 68.0. The molecule has 1 saturated carbocycles. The lowest BCUT2D eigenvalue weighted by Gasteiger charge is -2.42. The number of aromatic nitrogens is 5. The first-order valence-corrected chi connectivity index (χ1v) is 15.2. The maximum atomic E-state index is 13.9. The van der Waals surface area contributed by atoms with Gasteiger partial charge < -0.3 is 15.7 Å². The van der Waals surface area contributed by atoms with Gasteiger partial charge in [0.2, 0.25) is 16.0 Å². The number of piperidine rings is 1. The van der Waals surface area contributed by atoms with Crippen LogP contribution in [0.3, 0.4) is 0 Å². The summed E-state index contributed by atoms with van der Waals surface area (Å²) in [5.41, 5.74) is -0.749. The molecule has 0 unspecified atom stereocenters. The summed E-state index contributed by atoms with van der Waals surface area (Å²) in [5, 5.41) is 19.7. The predicted octanol–water partition coefficient (Wildman–Crippen LogP) is 2.53. The molecule has 2 fully saturated rings. The van der Waals surface area contributed by atoms with Gasteiger partial charge in [0.1, 0.15) is 11.3 Å². The number of halogens is 3. The molecule has 0 aromatic carbocycles. The van der Waals surface area contributed by atoms with Gasteiger partial charge in [-0.2, -0.15) is 18.3 Å². The Kier molecular flexibility index (Phi) is 7.74. The van der Waals surface area contributed by atoms with Gasteiger partial charge in [-0.05, 0) is 51.7 Å². The average Bonchev–Trinajstić information content (AvgIpc) is 3.37. The number of carbonyl (C=O) groups excluding carboxylic acids is 1. The highest BCUT2D eigenvalue weighted by molar-refractivity contribution is 7.88. The number of aryl methyl sites for hydroxylation is 1. The Morgan fingerprint density at radius 1 is 1.14 bits per heavy atom. The third kappa shape index (κ3) is 6.39. The fourth-order valence-corrected chi connectivity index (χ4v) is 6.19. The third-order valence-corrected chi connectivity index (χ3v) is 8.83. The van der Waals surface area contributed by atoms with Crippen molar-refractivity contribution in [2.24, 2.45) is 0 Å². The lowest BCUT2D eigenvalue weighted by Crippen LogP contribution is -2.57. The molecule has 3 N–H and O–H groups in total. The van der Waals surface area contributed by atoms with Gasteiger partial charge in [-0.25, -0.2) is 32.4 Å². The molecule has 4 heterocycles. The van der Waals surface area contributed by atoms with Gasteiger partial charge in [-0.15, -0.1) is 0 Å². The van der Waals surface area contributed by atoms with E-state index < -0.39 is 39.3 Å². The van der Waals surface area contributed by atoms with E-state index in [-0.39, 0.29) is 42.0 Å². The van der Waals surface area contributed by atoms with Crippen molar-refractivity contribution in [3.05, 3.63) is 47.7 Å². The van der Waals surface area contributed by atoms with Crippen LogP contribution in [-0.4, -0.2) is 85.5 Å². The number of carbonyl (C=O) groups is 1. The molecule has 1 saturated heterocycles.